The lowest BCUT2D eigenvalue weighted by molar-refractivity contribution is -0.162. The molecule has 3 aromatic rings. The Kier molecular flexibility index (Phi) is 10.1. The molecule has 1 aliphatic heterocycles. The van der Waals surface area contributed by atoms with Gasteiger partial charge in [0.2, 0.25) is 0 Å². The van der Waals surface area contributed by atoms with Crippen LogP contribution in [-0.2, 0) is 48.3 Å². The summed E-state index contributed by atoms with van der Waals surface area (Å²) in [5.41, 5.74) is 3.17. The summed E-state index contributed by atoms with van der Waals surface area (Å²) in [6, 6.07) is 30.0. The third-order valence-corrected chi connectivity index (χ3v) is 6.15. The number of methoxy groups -OCH3 is 1. The predicted octanol–water partition coefficient (Wildman–Crippen LogP) is 5.09. The van der Waals surface area contributed by atoms with E-state index in [1.54, 1.807) is 0 Å². The molecule has 190 valence electrons. The van der Waals surface area contributed by atoms with Gasteiger partial charge in [0, 0.05) is 6.42 Å². The van der Waals surface area contributed by atoms with Gasteiger partial charge in [-0.05, 0) is 23.1 Å². The number of hydrogen-bond acceptors (Lipinski definition) is 6. The first-order chi connectivity index (χ1) is 17.7. The van der Waals surface area contributed by atoms with Gasteiger partial charge in [-0.1, -0.05) is 91.0 Å². The second kappa shape index (κ2) is 13.9. The zero-order valence-corrected chi connectivity index (χ0v) is 20.7. The summed E-state index contributed by atoms with van der Waals surface area (Å²) in [6.45, 7) is 1.83. The number of carbonyl (C=O) groups excluding carboxylic acids is 1. The lowest BCUT2D eigenvalue weighted by atomic mass is 10.00. The van der Waals surface area contributed by atoms with E-state index in [-0.39, 0.29) is 24.6 Å². The molecule has 0 amide bonds. The van der Waals surface area contributed by atoms with Crippen LogP contribution < -0.4 is 0 Å². The van der Waals surface area contributed by atoms with Crippen LogP contribution in [0.2, 0.25) is 0 Å². The maximum atomic E-state index is 12.0. The first kappa shape index (κ1) is 26.0. The van der Waals surface area contributed by atoms with Gasteiger partial charge in [-0.2, -0.15) is 0 Å². The average Bonchev–Trinajstić information content (AvgIpc) is 3.78. The third-order valence-electron chi connectivity index (χ3n) is 6.15. The number of epoxide rings is 1. The minimum Gasteiger partial charge on any atom is -0.469 e. The van der Waals surface area contributed by atoms with Crippen molar-refractivity contribution in [3.8, 4) is 0 Å². The van der Waals surface area contributed by atoms with Crippen molar-refractivity contribution in [3.63, 3.8) is 0 Å². The second-order valence-electron chi connectivity index (χ2n) is 8.84. The molecule has 0 N–H and O–H groups in total. The molecule has 0 radical (unpaired) electrons. The minimum atomic E-state index is -0.449. The van der Waals surface area contributed by atoms with Gasteiger partial charge in [-0.3, -0.25) is 4.79 Å². The van der Waals surface area contributed by atoms with Crippen molar-refractivity contribution in [2.45, 2.75) is 57.1 Å². The monoisotopic (exact) mass is 490 g/mol. The Balaban J connectivity index is 1.54. The van der Waals surface area contributed by atoms with Gasteiger partial charge >= 0.3 is 5.97 Å². The van der Waals surface area contributed by atoms with Crippen LogP contribution in [0.3, 0.4) is 0 Å². The van der Waals surface area contributed by atoms with Gasteiger partial charge in [0.25, 0.3) is 0 Å². The molecule has 1 aliphatic rings. The number of ether oxygens (including phenoxy) is 5. The lowest BCUT2D eigenvalue weighted by Crippen LogP contribution is -2.45. The van der Waals surface area contributed by atoms with Crippen molar-refractivity contribution in [3.05, 3.63) is 108 Å². The Labute approximate surface area is 213 Å². The van der Waals surface area contributed by atoms with E-state index in [1.165, 1.54) is 7.11 Å². The number of esters is 1. The van der Waals surface area contributed by atoms with E-state index in [0.29, 0.717) is 32.8 Å². The maximum Gasteiger partial charge on any atom is 0.305 e. The highest BCUT2D eigenvalue weighted by atomic mass is 16.6. The molecule has 0 spiro atoms. The quantitative estimate of drug-likeness (QED) is 0.218. The zero-order chi connectivity index (χ0) is 25.0. The van der Waals surface area contributed by atoms with E-state index in [2.05, 4.69) is 0 Å². The Morgan fingerprint density at radius 3 is 1.72 bits per heavy atom. The molecular formula is C30H34O6. The van der Waals surface area contributed by atoms with Crippen LogP contribution in [-0.4, -0.2) is 44.1 Å². The molecule has 6 nitrogen and oxygen atoms in total. The van der Waals surface area contributed by atoms with Gasteiger partial charge in [-0.15, -0.1) is 0 Å². The van der Waals surface area contributed by atoms with Crippen LogP contribution in [0.5, 0.6) is 0 Å². The van der Waals surface area contributed by atoms with E-state index in [1.807, 2.05) is 91.0 Å². The molecule has 0 bridgehead atoms. The minimum absolute atomic E-state index is 0.0876. The molecule has 4 rings (SSSR count). The van der Waals surface area contributed by atoms with Crippen LogP contribution in [0.1, 0.15) is 29.5 Å². The Morgan fingerprint density at radius 1 is 0.778 bits per heavy atom. The highest BCUT2D eigenvalue weighted by Gasteiger charge is 2.43. The molecule has 0 aliphatic carbocycles. The lowest BCUT2D eigenvalue weighted by Gasteiger charge is -2.33. The van der Waals surface area contributed by atoms with E-state index in [9.17, 15) is 4.79 Å². The van der Waals surface area contributed by atoms with E-state index in [4.69, 9.17) is 23.7 Å². The Bertz CT molecular complexity index is 1020. The molecular weight excluding hydrogens is 456 g/mol. The van der Waals surface area contributed by atoms with E-state index in [0.717, 1.165) is 16.7 Å². The topological polar surface area (TPSA) is 66.5 Å². The summed E-state index contributed by atoms with van der Waals surface area (Å²) >= 11 is 0. The fraction of sp³-hybridized carbons (Fsp3) is 0.367. The number of benzene rings is 3. The summed E-state index contributed by atoms with van der Waals surface area (Å²) in [5, 5.41) is 0. The van der Waals surface area contributed by atoms with Crippen LogP contribution in [0.25, 0.3) is 0 Å². The molecule has 1 heterocycles. The first-order valence-corrected chi connectivity index (χ1v) is 12.4. The molecule has 4 atom stereocenters. The fourth-order valence-corrected chi connectivity index (χ4v) is 4.09. The molecule has 0 saturated carbocycles. The summed E-state index contributed by atoms with van der Waals surface area (Å²) in [7, 11) is 1.40. The smallest absolute Gasteiger partial charge is 0.305 e. The van der Waals surface area contributed by atoms with E-state index < -0.39 is 12.2 Å². The van der Waals surface area contributed by atoms with Crippen molar-refractivity contribution in [1.29, 1.82) is 0 Å². The molecule has 6 heteroatoms. The fourth-order valence-electron chi connectivity index (χ4n) is 4.09. The SMILES string of the molecule is COC(=O)CC[C@@H](OCc1ccccc1)[C@H](OCc1ccccc1)[C@@H](OCc1ccccc1)[C@@H]1CO1. The number of rotatable bonds is 15. The largest absolute Gasteiger partial charge is 0.469 e. The normalized spacial score (nSPS) is 17.2. The molecule has 1 saturated heterocycles. The molecule has 0 aromatic heterocycles. The first-order valence-electron chi connectivity index (χ1n) is 12.4. The molecule has 0 unspecified atom stereocenters. The molecule has 3 aromatic carbocycles. The zero-order valence-electron chi connectivity index (χ0n) is 20.7. The van der Waals surface area contributed by atoms with Gasteiger partial charge in [0.15, 0.2) is 0 Å². The maximum absolute atomic E-state index is 12.0. The van der Waals surface area contributed by atoms with Crippen LogP contribution >= 0.6 is 0 Å². The Hall–Kier alpha value is -3.03. The summed E-state index contributed by atoms with van der Waals surface area (Å²) in [4.78, 5) is 12.0. The highest BCUT2D eigenvalue weighted by Crippen LogP contribution is 2.29. The van der Waals surface area contributed by atoms with Gasteiger partial charge in [-0.25, -0.2) is 0 Å². The van der Waals surface area contributed by atoms with Crippen LogP contribution in [0, 0.1) is 0 Å². The third kappa shape index (κ3) is 8.28. The van der Waals surface area contributed by atoms with Gasteiger partial charge in [0.05, 0.1) is 39.6 Å². The second-order valence-corrected chi connectivity index (χ2v) is 8.84. The van der Waals surface area contributed by atoms with Crippen molar-refractivity contribution in [2.75, 3.05) is 13.7 Å². The van der Waals surface area contributed by atoms with Gasteiger partial charge < -0.3 is 23.7 Å². The summed E-state index contributed by atoms with van der Waals surface area (Å²) in [6.07, 6.45) is -0.634. The van der Waals surface area contributed by atoms with Crippen molar-refractivity contribution >= 4 is 5.97 Å². The summed E-state index contributed by atoms with van der Waals surface area (Å²) in [5.74, 6) is -0.283. The van der Waals surface area contributed by atoms with Gasteiger partial charge in [0.1, 0.15) is 18.3 Å². The summed E-state index contributed by atoms with van der Waals surface area (Å²) < 4.78 is 30.0. The highest BCUT2D eigenvalue weighted by molar-refractivity contribution is 5.69. The van der Waals surface area contributed by atoms with E-state index >= 15 is 0 Å². The van der Waals surface area contributed by atoms with Crippen LogP contribution in [0.4, 0.5) is 0 Å². The Morgan fingerprint density at radius 2 is 1.25 bits per heavy atom. The molecule has 1 fully saturated rings. The van der Waals surface area contributed by atoms with Crippen molar-refractivity contribution < 1.29 is 28.5 Å². The average molecular weight is 491 g/mol. The molecule has 36 heavy (non-hydrogen) atoms. The van der Waals surface area contributed by atoms with Crippen LogP contribution in [0.15, 0.2) is 91.0 Å². The van der Waals surface area contributed by atoms with Crippen molar-refractivity contribution in [1.82, 2.24) is 0 Å². The number of hydrogen-bond donors (Lipinski definition) is 0. The standard InChI is InChI=1S/C30H34O6/c1-32-28(31)18-17-26(33-19-23-11-5-2-6-12-23)29(35-20-24-13-7-3-8-14-24)30(27-22-34-27)36-21-25-15-9-4-10-16-25/h2-16,26-27,29-30H,17-22H2,1H3/t26-,27+,29+,30+/m1/s1. The van der Waals surface area contributed by atoms with Crippen molar-refractivity contribution in [2.24, 2.45) is 0 Å². The number of carbonyl (C=O) groups is 1. The predicted molar refractivity (Wildman–Crippen MR) is 136 cm³/mol.